The summed E-state index contributed by atoms with van der Waals surface area (Å²) in [7, 11) is 1.95. The van der Waals surface area contributed by atoms with E-state index in [1.807, 2.05) is 7.05 Å². The predicted octanol–water partition coefficient (Wildman–Crippen LogP) is 4.47. The number of hydrogen-bond acceptors (Lipinski definition) is 1. The van der Waals surface area contributed by atoms with Crippen LogP contribution in [0.25, 0.3) is 0 Å². The highest BCUT2D eigenvalue weighted by Gasteiger charge is 2.12. The monoisotopic (exact) mass is 305 g/mol. The third kappa shape index (κ3) is 4.29. The molecular weight excluding hydrogens is 285 g/mol. The second-order valence-corrected chi connectivity index (χ2v) is 5.96. The number of aryl methyl sites for hydroxylation is 2. The highest BCUT2D eigenvalue weighted by Crippen LogP contribution is 2.20. The van der Waals surface area contributed by atoms with Gasteiger partial charge >= 0.3 is 0 Å². The summed E-state index contributed by atoms with van der Waals surface area (Å²) in [5.74, 6) is -0.293. The summed E-state index contributed by atoms with van der Waals surface area (Å²) in [6, 6.07) is 11.4. The largest absolute Gasteiger partial charge is 0.316 e. The zero-order valence-corrected chi connectivity index (χ0v) is 13.5. The molecule has 1 unspecified atom stereocenters. The van der Waals surface area contributed by atoms with Gasteiger partial charge in [-0.1, -0.05) is 35.9 Å². The fourth-order valence-electron chi connectivity index (χ4n) is 2.44. The van der Waals surface area contributed by atoms with E-state index in [0.717, 1.165) is 18.4 Å². The number of likely N-dealkylation sites (N-methyl/N-ethyl adjacent to an activating group) is 1. The van der Waals surface area contributed by atoms with Crippen molar-refractivity contribution in [2.24, 2.45) is 0 Å². The van der Waals surface area contributed by atoms with E-state index in [2.05, 4.69) is 37.4 Å². The van der Waals surface area contributed by atoms with Crippen molar-refractivity contribution in [3.05, 3.63) is 69.5 Å². The van der Waals surface area contributed by atoms with Gasteiger partial charge in [-0.3, -0.25) is 0 Å². The van der Waals surface area contributed by atoms with Crippen LogP contribution >= 0.6 is 11.6 Å². The molecule has 2 rings (SSSR count). The topological polar surface area (TPSA) is 12.0 Å². The van der Waals surface area contributed by atoms with Gasteiger partial charge in [0.15, 0.2) is 0 Å². The van der Waals surface area contributed by atoms with Crippen molar-refractivity contribution in [2.45, 2.75) is 32.7 Å². The lowest BCUT2D eigenvalue weighted by Gasteiger charge is -2.18. The Morgan fingerprint density at radius 1 is 1.05 bits per heavy atom. The molecule has 0 heterocycles. The Balaban J connectivity index is 2.10. The van der Waals surface area contributed by atoms with E-state index < -0.39 is 0 Å². The number of nitrogens with one attached hydrogen (secondary N) is 1. The van der Waals surface area contributed by atoms with Crippen LogP contribution in [0.5, 0.6) is 0 Å². The number of benzene rings is 2. The molecule has 1 N–H and O–H groups in total. The Kier molecular flexibility index (Phi) is 5.38. The quantitative estimate of drug-likeness (QED) is 0.859. The van der Waals surface area contributed by atoms with Gasteiger partial charge in [0, 0.05) is 11.1 Å². The van der Waals surface area contributed by atoms with Gasteiger partial charge < -0.3 is 5.32 Å². The summed E-state index contributed by atoms with van der Waals surface area (Å²) in [4.78, 5) is 0. The van der Waals surface area contributed by atoms with E-state index >= 15 is 0 Å². The molecule has 0 aliphatic heterocycles. The van der Waals surface area contributed by atoms with Crippen molar-refractivity contribution in [3.63, 3.8) is 0 Å². The van der Waals surface area contributed by atoms with Gasteiger partial charge in [0.1, 0.15) is 5.82 Å². The average molecular weight is 306 g/mol. The third-order valence-corrected chi connectivity index (χ3v) is 4.29. The average Bonchev–Trinajstić information content (AvgIpc) is 2.44. The van der Waals surface area contributed by atoms with Gasteiger partial charge in [0.05, 0.1) is 0 Å². The van der Waals surface area contributed by atoms with E-state index in [9.17, 15) is 4.39 Å². The molecule has 112 valence electrons. The van der Waals surface area contributed by atoms with Crippen LogP contribution in [0.2, 0.25) is 5.02 Å². The maximum atomic E-state index is 13.1. The second kappa shape index (κ2) is 7.06. The summed E-state index contributed by atoms with van der Waals surface area (Å²) in [5.41, 5.74) is 4.89. The molecule has 0 saturated heterocycles. The molecule has 21 heavy (non-hydrogen) atoms. The molecule has 0 aliphatic carbocycles. The molecule has 2 aromatic carbocycles. The van der Waals surface area contributed by atoms with Crippen molar-refractivity contribution in [1.82, 2.24) is 5.32 Å². The van der Waals surface area contributed by atoms with Gasteiger partial charge in [-0.25, -0.2) is 4.39 Å². The van der Waals surface area contributed by atoms with Crippen LogP contribution in [-0.2, 0) is 12.8 Å². The first-order valence-corrected chi connectivity index (χ1v) is 7.54. The molecule has 1 atom stereocenters. The highest BCUT2D eigenvalue weighted by molar-refractivity contribution is 6.31. The molecule has 0 radical (unpaired) electrons. The number of hydrogen-bond donors (Lipinski definition) is 1. The minimum absolute atomic E-state index is 0.273. The van der Waals surface area contributed by atoms with E-state index in [1.165, 1.54) is 28.8 Å². The fourth-order valence-corrected chi connectivity index (χ4v) is 2.69. The summed E-state index contributed by atoms with van der Waals surface area (Å²) in [6.07, 6.45) is 1.70. The first-order chi connectivity index (χ1) is 9.99. The van der Waals surface area contributed by atoms with Crippen molar-refractivity contribution in [2.75, 3.05) is 7.05 Å². The maximum absolute atomic E-state index is 13.1. The minimum atomic E-state index is -0.293. The highest BCUT2D eigenvalue weighted by atomic mass is 35.5. The van der Waals surface area contributed by atoms with Gasteiger partial charge in [-0.2, -0.15) is 0 Å². The van der Waals surface area contributed by atoms with E-state index in [1.54, 1.807) is 6.07 Å². The maximum Gasteiger partial charge on any atom is 0.124 e. The zero-order valence-electron chi connectivity index (χ0n) is 12.7. The van der Waals surface area contributed by atoms with E-state index in [4.69, 9.17) is 11.6 Å². The molecular formula is C18H21ClFN. The lowest BCUT2D eigenvalue weighted by molar-refractivity contribution is 0.555. The summed E-state index contributed by atoms with van der Waals surface area (Å²) >= 11 is 6.11. The lowest BCUT2D eigenvalue weighted by Crippen LogP contribution is -2.30. The summed E-state index contributed by atoms with van der Waals surface area (Å²) < 4.78 is 13.1. The predicted molar refractivity (Wildman–Crippen MR) is 87.6 cm³/mol. The van der Waals surface area contributed by atoms with Crippen LogP contribution in [0, 0.1) is 19.7 Å². The fraction of sp³-hybridized carbons (Fsp3) is 0.333. The Labute approximate surface area is 131 Å². The lowest BCUT2D eigenvalue weighted by atomic mass is 9.97. The summed E-state index contributed by atoms with van der Waals surface area (Å²) in [6.45, 7) is 4.25. The molecule has 0 saturated carbocycles. The van der Waals surface area contributed by atoms with Crippen LogP contribution in [-0.4, -0.2) is 13.1 Å². The molecule has 0 aromatic heterocycles. The number of rotatable bonds is 5. The van der Waals surface area contributed by atoms with Gasteiger partial charge in [-0.15, -0.1) is 0 Å². The van der Waals surface area contributed by atoms with Crippen molar-refractivity contribution in [3.8, 4) is 0 Å². The molecule has 2 aromatic rings. The molecule has 0 spiro atoms. The van der Waals surface area contributed by atoms with Crippen molar-refractivity contribution in [1.29, 1.82) is 0 Å². The Bertz CT molecular complexity index is 625. The standard InChI is InChI=1S/C18H21ClFN/c1-12-4-5-14(8-13(12)2)9-17(21-3)10-15-6-7-16(20)11-18(15)19/h4-8,11,17,21H,9-10H2,1-3H3. The Hall–Kier alpha value is -1.38. The van der Waals surface area contributed by atoms with Gasteiger partial charge in [-0.05, 0) is 68.1 Å². The first kappa shape index (κ1) is 16.0. The molecule has 1 nitrogen and oxygen atoms in total. The normalized spacial score (nSPS) is 12.4. The third-order valence-electron chi connectivity index (χ3n) is 3.94. The molecule has 3 heteroatoms. The number of halogens is 2. The molecule has 0 bridgehead atoms. The second-order valence-electron chi connectivity index (χ2n) is 5.55. The van der Waals surface area contributed by atoms with Crippen LogP contribution in [0.3, 0.4) is 0 Å². The van der Waals surface area contributed by atoms with Crippen molar-refractivity contribution >= 4 is 11.6 Å². The van der Waals surface area contributed by atoms with Crippen LogP contribution in [0.4, 0.5) is 4.39 Å². The van der Waals surface area contributed by atoms with E-state index in [0.29, 0.717) is 5.02 Å². The molecule has 0 fully saturated rings. The molecule has 0 amide bonds. The Morgan fingerprint density at radius 2 is 1.81 bits per heavy atom. The van der Waals surface area contributed by atoms with Crippen LogP contribution < -0.4 is 5.32 Å². The zero-order chi connectivity index (χ0) is 15.4. The van der Waals surface area contributed by atoms with Crippen LogP contribution in [0.15, 0.2) is 36.4 Å². The minimum Gasteiger partial charge on any atom is -0.316 e. The Morgan fingerprint density at radius 3 is 2.43 bits per heavy atom. The van der Waals surface area contributed by atoms with Crippen molar-refractivity contribution < 1.29 is 4.39 Å². The van der Waals surface area contributed by atoms with Gasteiger partial charge in [0.2, 0.25) is 0 Å². The molecule has 0 aliphatic rings. The van der Waals surface area contributed by atoms with Gasteiger partial charge in [0.25, 0.3) is 0 Å². The van der Waals surface area contributed by atoms with Crippen LogP contribution in [0.1, 0.15) is 22.3 Å². The first-order valence-electron chi connectivity index (χ1n) is 7.17. The van der Waals surface area contributed by atoms with E-state index in [-0.39, 0.29) is 11.9 Å². The smallest absolute Gasteiger partial charge is 0.124 e. The SMILES string of the molecule is CNC(Cc1ccc(C)c(C)c1)Cc1ccc(F)cc1Cl. The summed E-state index contributed by atoms with van der Waals surface area (Å²) in [5, 5.41) is 3.82.